The minimum absolute atomic E-state index is 0.110. The van der Waals surface area contributed by atoms with Crippen molar-refractivity contribution in [2.75, 3.05) is 13.7 Å². The number of aromatic nitrogens is 6. The first kappa shape index (κ1) is 16.8. The van der Waals surface area contributed by atoms with E-state index in [0.717, 1.165) is 5.57 Å². The minimum atomic E-state index is -2.71. The average molecular weight is 387 g/mol. The third kappa shape index (κ3) is 2.70. The number of carbonyl (C=O) groups is 1. The Morgan fingerprint density at radius 1 is 1.43 bits per heavy atom. The monoisotopic (exact) mass is 387 g/mol. The topological polar surface area (TPSA) is 90.4 Å². The Morgan fingerprint density at radius 2 is 2.29 bits per heavy atom. The first-order chi connectivity index (χ1) is 13.5. The molecule has 0 spiro atoms. The summed E-state index contributed by atoms with van der Waals surface area (Å²) in [6.45, 7) is 1.19. The minimum Gasteiger partial charge on any atom is -0.476 e. The number of hydrogen-bond acceptors (Lipinski definition) is 6. The van der Waals surface area contributed by atoms with Gasteiger partial charge in [0.05, 0.1) is 18.3 Å². The van der Waals surface area contributed by atoms with Gasteiger partial charge in [0.15, 0.2) is 5.69 Å². The second kappa shape index (κ2) is 6.08. The van der Waals surface area contributed by atoms with Crippen LogP contribution in [0, 0.1) is 0 Å². The van der Waals surface area contributed by atoms with Crippen molar-refractivity contribution < 1.29 is 18.3 Å². The van der Waals surface area contributed by atoms with Crippen molar-refractivity contribution in [3.63, 3.8) is 0 Å². The molecule has 1 fully saturated rings. The molecule has 0 N–H and O–H groups in total. The number of ether oxygens (including phenoxy) is 1. The molecule has 0 radical (unpaired) electrons. The van der Waals surface area contributed by atoms with Crippen molar-refractivity contribution in [3.05, 3.63) is 41.1 Å². The number of nitrogens with zero attached hydrogens (tertiary/aromatic N) is 7. The van der Waals surface area contributed by atoms with E-state index in [2.05, 4.69) is 20.2 Å². The number of carbonyl (C=O) groups excluding carboxylic acids is 1. The molecule has 9 nitrogen and oxygen atoms in total. The van der Waals surface area contributed by atoms with Gasteiger partial charge in [0.1, 0.15) is 18.6 Å². The van der Waals surface area contributed by atoms with Crippen LogP contribution >= 0.6 is 0 Å². The molecule has 28 heavy (non-hydrogen) atoms. The number of amides is 1. The molecule has 11 heteroatoms. The second-order valence-electron chi connectivity index (χ2n) is 6.67. The SMILES string of the molecule is CN(C(=O)c1cc2n(n1)CCO2)[C@H]1C/C1=C/c1cc(C(F)F)nc2ncnn12. The van der Waals surface area contributed by atoms with E-state index in [9.17, 15) is 13.6 Å². The molecule has 3 aromatic heterocycles. The molecule has 0 unspecified atom stereocenters. The Kier molecular flexibility index (Phi) is 3.64. The van der Waals surface area contributed by atoms with Gasteiger partial charge in [-0.25, -0.2) is 18.4 Å². The normalized spacial score (nSPS) is 19.3. The molecule has 2 aliphatic rings. The van der Waals surface area contributed by atoms with Gasteiger partial charge in [-0.1, -0.05) is 0 Å². The van der Waals surface area contributed by atoms with Gasteiger partial charge in [0.2, 0.25) is 5.88 Å². The van der Waals surface area contributed by atoms with Crippen LogP contribution in [0.4, 0.5) is 8.78 Å². The molecule has 1 amide bonds. The quantitative estimate of drug-likeness (QED) is 0.675. The van der Waals surface area contributed by atoms with E-state index in [4.69, 9.17) is 4.74 Å². The Morgan fingerprint density at radius 3 is 3.07 bits per heavy atom. The fourth-order valence-electron chi connectivity index (χ4n) is 3.30. The highest BCUT2D eigenvalue weighted by molar-refractivity contribution is 5.93. The largest absolute Gasteiger partial charge is 0.476 e. The highest BCUT2D eigenvalue weighted by atomic mass is 19.3. The van der Waals surface area contributed by atoms with Crippen molar-refractivity contribution in [1.82, 2.24) is 34.3 Å². The maximum atomic E-state index is 13.1. The molecule has 144 valence electrons. The van der Waals surface area contributed by atoms with Crippen LogP contribution in [0.1, 0.15) is 34.7 Å². The third-order valence-corrected chi connectivity index (χ3v) is 4.86. The number of likely N-dealkylation sites (N-methyl/N-ethyl adjacent to an activating group) is 1. The van der Waals surface area contributed by atoms with E-state index in [0.29, 0.717) is 36.8 Å². The summed E-state index contributed by atoms with van der Waals surface area (Å²) in [5.74, 6) is 0.486. The van der Waals surface area contributed by atoms with Crippen molar-refractivity contribution in [2.24, 2.45) is 0 Å². The summed E-state index contributed by atoms with van der Waals surface area (Å²) in [7, 11) is 1.70. The molecule has 1 atom stereocenters. The highest BCUT2D eigenvalue weighted by Crippen LogP contribution is 2.37. The lowest BCUT2D eigenvalue weighted by Gasteiger charge is -2.14. The van der Waals surface area contributed by atoms with Crippen LogP contribution in [-0.4, -0.2) is 59.9 Å². The molecule has 0 aromatic carbocycles. The van der Waals surface area contributed by atoms with E-state index in [1.54, 1.807) is 28.8 Å². The Labute approximate surface area is 157 Å². The second-order valence-corrected chi connectivity index (χ2v) is 6.67. The van der Waals surface area contributed by atoms with Crippen molar-refractivity contribution >= 4 is 17.8 Å². The van der Waals surface area contributed by atoms with Crippen LogP contribution in [0.5, 0.6) is 5.88 Å². The zero-order chi connectivity index (χ0) is 19.4. The standard InChI is InChI=1S/C17H15F2N7O2/c1-24(16(27)12-7-14-25(23-12)2-3-28-14)13-5-9(13)4-10-6-11(15(18)19)22-17-20-8-21-26(10)17/h4,6-8,13,15H,2-3,5H2,1H3/b9-4-/t13-/m0/s1. The summed E-state index contributed by atoms with van der Waals surface area (Å²) in [5.41, 5.74) is 1.35. The molecular weight excluding hydrogens is 372 g/mol. The lowest BCUT2D eigenvalue weighted by atomic mass is 10.3. The summed E-state index contributed by atoms with van der Waals surface area (Å²) in [6, 6.07) is 2.80. The van der Waals surface area contributed by atoms with Gasteiger partial charge >= 0.3 is 0 Å². The lowest BCUT2D eigenvalue weighted by Crippen LogP contribution is -2.29. The third-order valence-electron chi connectivity index (χ3n) is 4.86. The molecular formula is C17H15F2N7O2. The number of alkyl halides is 2. The summed E-state index contributed by atoms with van der Waals surface area (Å²) in [5, 5.41) is 8.29. The van der Waals surface area contributed by atoms with Crippen LogP contribution in [0.15, 0.2) is 24.0 Å². The van der Waals surface area contributed by atoms with Crippen LogP contribution in [0.3, 0.4) is 0 Å². The predicted octanol–water partition coefficient (Wildman–Crippen LogP) is 1.58. The van der Waals surface area contributed by atoms with Crippen molar-refractivity contribution in [3.8, 4) is 5.88 Å². The molecule has 1 saturated carbocycles. The van der Waals surface area contributed by atoms with E-state index < -0.39 is 6.43 Å². The first-order valence-corrected chi connectivity index (χ1v) is 8.68. The zero-order valence-electron chi connectivity index (χ0n) is 14.8. The molecule has 0 bridgehead atoms. The van der Waals surface area contributed by atoms with Crippen molar-refractivity contribution in [1.29, 1.82) is 0 Å². The molecule has 3 aromatic rings. The summed E-state index contributed by atoms with van der Waals surface area (Å²) >= 11 is 0. The van der Waals surface area contributed by atoms with Gasteiger partial charge in [-0.2, -0.15) is 19.7 Å². The van der Waals surface area contributed by atoms with Crippen molar-refractivity contribution in [2.45, 2.75) is 25.4 Å². The lowest BCUT2D eigenvalue weighted by molar-refractivity contribution is 0.0783. The first-order valence-electron chi connectivity index (χ1n) is 8.68. The molecule has 4 heterocycles. The van der Waals surface area contributed by atoms with Crippen LogP contribution in [0.2, 0.25) is 0 Å². The van der Waals surface area contributed by atoms with Gasteiger partial charge < -0.3 is 9.64 Å². The summed E-state index contributed by atoms with van der Waals surface area (Å²) in [4.78, 5) is 21.9. The van der Waals surface area contributed by atoms with Crippen LogP contribution < -0.4 is 4.74 Å². The number of hydrogen-bond donors (Lipinski definition) is 0. The molecule has 5 rings (SSSR count). The van der Waals surface area contributed by atoms with Crippen LogP contribution in [-0.2, 0) is 6.54 Å². The van der Waals surface area contributed by atoms with E-state index in [1.807, 2.05) is 0 Å². The van der Waals surface area contributed by atoms with E-state index in [1.165, 1.54) is 16.9 Å². The maximum Gasteiger partial charge on any atom is 0.280 e. The van der Waals surface area contributed by atoms with Crippen LogP contribution in [0.25, 0.3) is 11.9 Å². The number of halogens is 2. The molecule has 0 saturated heterocycles. The Balaban J connectivity index is 1.39. The Bertz CT molecular complexity index is 1100. The Hall–Kier alpha value is -3.37. The van der Waals surface area contributed by atoms with E-state index in [-0.39, 0.29) is 23.4 Å². The summed E-state index contributed by atoms with van der Waals surface area (Å²) < 4.78 is 34.6. The number of fused-ring (bicyclic) bond motifs is 2. The average Bonchev–Trinajstić information content (AvgIpc) is 3.05. The van der Waals surface area contributed by atoms with Gasteiger partial charge in [-0.3, -0.25) is 4.79 Å². The van der Waals surface area contributed by atoms with Gasteiger partial charge in [0, 0.05) is 13.1 Å². The molecule has 1 aliphatic carbocycles. The van der Waals surface area contributed by atoms with Gasteiger partial charge in [-0.05, 0) is 24.1 Å². The van der Waals surface area contributed by atoms with Gasteiger partial charge in [0.25, 0.3) is 18.1 Å². The number of rotatable bonds is 4. The maximum absolute atomic E-state index is 13.1. The predicted molar refractivity (Wildman–Crippen MR) is 91.9 cm³/mol. The fourth-order valence-corrected chi connectivity index (χ4v) is 3.30. The van der Waals surface area contributed by atoms with E-state index >= 15 is 0 Å². The highest BCUT2D eigenvalue weighted by Gasteiger charge is 2.37. The van der Waals surface area contributed by atoms with Gasteiger partial charge in [-0.15, -0.1) is 0 Å². The zero-order valence-corrected chi connectivity index (χ0v) is 14.8. The summed E-state index contributed by atoms with van der Waals surface area (Å²) in [6.07, 6.45) is 0.956. The molecule has 1 aliphatic heterocycles. The fraction of sp³-hybridized carbons (Fsp3) is 0.353. The smallest absolute Gasteiger partial charge is 0.280 e.